The van der Waals surface area contributed by atoms with Crippen molar-refractivity contribution in [3.63, 3.8) is 0 Å². The number of hydrogen-bond donors (Lipinski definition) is 1. The van der Waals surface area contributed by atoms with Crippen LogP contribution in [0.4, 0.5) is 5.69 Å². The van der Waals surface area contributed by atoms with Gasteiger partial charge in [-0.05, 0) is 31.0 Å². The molecular formula is C17H22N2. The molecule has 2 N–H and O–H groups in total. The highest BCUT2D eigenvalue weighted by atomic mass is 15.1. The van der Waals surface area contributed by atoms with E-state index in [9.17, 15) is 0 Å². The predicted octanol–water partition coefficient (Wildman–Crippen LogP) is 3.44. The quantitative estimate of drug-likeness (QED) is 0.905. The van der Waals surface area contributed by atoms with Crippen molar-refractivity contribution in [2.45, 2.75) is 19.9 Å². The predicted molar refractivity (Wildman–Crippen MR) is 82.6 cm³/mol. The van der Waals surface area contributed by atoms with E-state index in [1.165, 1.54) is 22.4 Å². The lowest BCUT2D eigenvalue weighted by Gasteiger charge is -2.31. The van der Waals surface area contributed by atoms with Crippen LogP contribution in [0.5, 0.6) is 0 Å². The molecule has 2 aromatic carbocycles. The van der Waals surface area contributed by atoms with Crippen LogP contribution in [0, 0.1) is 13.8 Å². The number of benzene rings is 2. The molecule has 0 fully saturated rings. The molecule has 1 atom stereocenters. The molecule has 0 radical (unpaired) electrons. The molecule has 100 valence electrons. The van der Waals surface area contributed by atoms with E-state index < -0.39 is 0 Å². The number of nitrogens with zero attached hydrogens (tertiary/aromatic N) is 1. The lowest BCUT2D eigenvalue weighted by Crippen LogP contribution is -2.30. The Morgan fingerprint density at radius 2 is 1.79 bits per heavy atom. The number of para-hydroxylation sites is 1. The Morgan fingerprint density at radius 1 is 1.05 bits per heavy atom. The first-order chi connectivity index (χ1) is 9.13. The summed E-state index contributed by atoms with van der Waals surface area (Å²) in [5.74, 6) is 0. The fourth-order valence-electron chi connectivity index (χ4n) is 2.52. The maximum Gasteiger partial charge on any atom is 0.0661 e. The van der Waals surface area contributed by atoms with Crippen LogP contribution in [-0.2, 0) is 0 Å². The van der Waals surface area contributed by atoms with Gasteiger partial charge in [-0.15, -0.1) is 0 Å². The Labute approximate surface area is 115 Å². The van der Waals surface area contributed by atoms with Crippen molar-refractivity contribution in [1.29, 1.82) is 0 Å². The number of aryl methyl sites for hydroxylation is 2. The summed E-state index contributed by atoms with van der Waals surface area (Å²) in [6, 6.07) is 17.2. The molecule has 0 bridgehead atoms. The molecule has 19 heavy (non-hydrogen) atoms. The van der Waals surface area contributed by atoms with Crippen molar-refractivity contribution in [3.05, 3.63) is 65.2 Å². The molecule has 0 amide bonds. The number of likely N-dealkylation sites (N-methyl/N-ethyl adjacent to an activating group) is 1. The largest absolute Gasteiger partial charge is 0.366 e. The molecule has 2 rings (SSSR count). The second-order valence-corrected chi connectivity index (χ2v) is 5.06. The Kier molecular flexibility index (Phi) is 4.23. The van der Waals surface area contributed by atoms with Gasteiger partial charge in [0.25, 0.3) is 0 Å². The summed E-state index contributed by atoms with van der Waals surface area (Å²) in [4.78, 5) is 2.27. The van der Waals surface area contributed by atoms with Crippen molar-refractivity contribution >= 4 is 5.69 Å². The van der Waals surface area contributed by atoms with Gasteiger partial charge in [0, 0.05) is 19.3 Å². The number of nitrogens with two attached hydrogens (primary N) is 1. The summed E-state index contributed by atoms with van der Waals surface area (Å²) < 4.78 is 0. The minimum Gasteiger partial charge on any atom is -0.366 e. The van der Waals surface area contributed by atoms with E-state index in [2.05, 4.69) is 74.3 Å². The second kappa shape index (κ2) is 5.89. The minimum atomic E-state index is 0.209. The number of rotatable bonds is 4. The smallest absolute Gasteiger partial charge is 0.0661 e. The number of hydrogen-bond acceptors (Lipinski definition) is 2. The molecule has 0 aliphatic heterocycles. The summed E-state index contributed by atoms with van der Waals surface area (Å²) in [6.45, 7) is 4.86. The molecule has 2 aromatic rings. The van der Waals surface area contributed by atoms with Crippen LogP contribution in [0.25, 0.3) is 0 Å². The lowest BCUT2D eigenvalue weighted by molar-refractivity contribution is 0.678. The van der Waals surface area contributed by atoms with E-state index >= 15 is 0 Å². The SMILES string of the molecule is Cc1cccc(C(CN)N(C)c2ccccc2C)c1. The molecule has 2 heteroatoms. The maximum atomic E-state index is 6.00. The van der Waals surface area contributed by atoms with Gasteiger partial charge in [0.15, 0.2) is 0 Å². The highest BCUT2D eigenvalue weighted by molar-refractivity contribution is 5.54. The van der Waals surface area contributed by atoms with Gasteiger partial charge < -0.3 is 10.6 Å². The summed E-state index contributed by atoms with van der Waals surface area (Å²) in [7, 11) is 2.11. The van der Waals surface area contributed by atoms with E-state index in [1.807, 2.05) is 0 Å². The molecule has 0 saturated carbocycles. The Morgan fingerprint density at radius 3 is 2.42 bits per heavy atom. The van der Waals surface area contributed by atoms with Gasteiger partial charge >= 0.3 is 0 Å². The first kappa shape index (κ1) is 13.6. The molecule has 0 aliphatic carbocycles. The molecular weight excluding hydrogens is 232 g/mol. The van der Waals surface area contributed by atoms with Crippen LogP contribution in [0.2, 0.25) is 0 Å². The summed E-state index contributed by atoms with van der Waals surface area (Å²) in [5, 5.41) is 0. The normalized spacial score (nSPS) is 12.2. The summed E-state index contributed by atoms with van der Waals surface area (Å²) >= 11 is 0. The topological polar surface area (TPSA) is 29.3 Å². The highest BCUT2D eigenvalue weighted by Crippen LogP contribution is 2.27. The highest BCUT2D eigenvalue weighted by Gasteiger charge is 2.17. The lowest BCUT2D eigenvalue weighted by atomic mass is 10.0. The van der Waals surface area contributed by atoms with Gasteiger partial charge in [-0.3, -0.25) is 0 Å². The fraction of sp³-hybridized carbons (Fsp3) is 0.294. The zero-order valence-corrected chi connectivity index (χ0v) is 11.9. The average molecular weight is 254 g/mol. The van der Waals surface area contributed by atoms with Crippen LogP contribution in [0.15, 0.2) is 48.5 Å². The molecule has 0 heterocycles. The summed E-state index contributed by atoms with van der Waals surface area (Å²) in [6.07, 6.45) is 0. The monoisotopic (exact) mass is 254 g/mol. The van der Waals surface area contributed by atoms with Gasteiger partial charge in [0.2, 0.25) is 0 Å². The van der Waals surface area contributed by atoms with Gasteiger partial charge in [0.05, 0.1) is 6.04 Å². The molecule has 0 aliphatic rings. The molecule has 0 aromatic heterocycles. The van der Waals surface area contributed by atoms with Gasteiger partial charge in [0.1, 0.15) is 0 Å². The van der Waals surface area contributed by atoms with Crippen LogP contribution >= 0.6 is 0 Å². The van der Waals surface area contributed by atoms with E-state index in [0.717, 1.165) is 0 Å². The maximum absolute atomic E-state index is 6.00. The fourth-order valence-corrected chi connectivity index (χ4v) is 2.52. The van der Waals surface area contributed by atoms with E-state index in [4.69, 9.17) is 5.73 Å². The zero-order chi connectivity index (χ0) is 13.8. The van der Waals surface area contributed by atoms with Crippen LogP contribution in [-0.4, -0.2) is 13.6 Å². The second-order valence-electron chi connectivity index (χ2n) is 5.06. The average Bonchev–Trinajstić information content (AvgIpc) is 2.40. The van der Waals surface area contributed by atoms with Gasteiger partial charge in [-0.2, -0.15) is 0 Å². The molecule has 0 spiro atoms. The Balaban J connectivity index is 2.35. The van der Waals surface area contributed by atoms with Crippen molar-refractivity contribution in [2.75, 3.05) is 18.5 Å². The van der Waals surface area contributed by atoms with Crippen LogP contribution in [0.3, 0.4) is 0 Å². The molecule has 0 saturated heterocycles. The zero-order valence-electron chi connectivity index (χ0n) is 11.9. The third-order valence-corrected chi connectivity index (χ3v) is 3.61. The van der Waals surface area contributed by atoms with Gasteiger partial charge in [-0.1, -0.05) is 48.0 Å². The van der Waals surface area contributed by atoms with Crippen molar-refractivity contribution in [1.82, 2.24) is 0 Å². The van der Waals surface area contributed by atoms with E-state index in [-0.39, 0.29) is 6.04 Å². The van der Waals surface area contributed by atoms with Crippen LogP contribution < -0.4 is 10.6 Å². The van der Waals surface area contributed by atoms with Crippen molar-refractivity contribution in [3.8, 4) is 0 Å². The third-order valence-electron chi connectivity index (χ3n) is 3.61. The Hall–Kier alpha value is -1.80. The first-order valence-corrected chi connectivity index (χ1v) is 6.68. The summed E-state index contributed by atoms with van der Waals surface area (Å²) in [5.41, 5.74) is 11.1. The van der Waals surface area contributed by atoms with Crippen LogP contribution in [0.1, 0.15) is 22.7 Å². The third kappa shape index (κ3) is 2.96. The van der Waals surface area contributed by atoms with E-state index in [0.29, 0.717) is 6.54 Å². The van der Waals surface area contributed by atoms with Gasteiger partial charge in [-0.25, -0.2) is 0 Å². The molecule has 1 unspecified atom stereocenters. The van der Waals surface area contributed by atoms with Crippen molar-refractivity contribution < 1.29 is 0 Å². The van der Waals surface area contributed by atoms with E-state index in [1.54, 1.807) is 0 Å². The standard InChI is InChI=1S/C17H22N2/c1-13-7-6-9-15(11-13)17(12-18)19(3)16-10-5-4-8-14(16)2/h4-11,17H,12,18H2,1-3H3. The Bertz CT molecular complexity index is 548. The molecule has 2 nitrogen and oxygen atoms in total. The number of anilines is 1. The van der Waals surface area contributed by atoms with Crippen molar-refractivity contribution in [2.24, 2.45) is 5.73 Å². The first-order valence-electron chi connectivity index (χ1n) is 6.68. The minimum absolute atomic E-state index is 0.209.